The molecule has 0 spiro atoms. The summed E-state index contributed by atoms with van der Waals surface area (Å²) in [6.45, 7) is 7.03. The second kappa shape index (κ2) is 4.35. The molecule has 0 saturated carbocycles. The van der Waals surface area contributed by atoms with E-state index in [0.29, 0.717) is 3.92 Å². The van der Waals surface area contributed by atoms with E-state index in [0.717, 1.165) is 12.1 Å². The molecule has 3 heteroatoms. The molecule has 1 aliphatic rings. The number of nitrogens with zero attached hydrogens (tertiary/aromatic N) is 1. The Morgan fingerprint density at radius 2 is 2.00 bits per heavy atom. The summed E-state index contributed by atoms with van der Waals surface area (Å²) in [5.74, 6) is 0.184. The molecule has 0 saturated heterocycles. The second-order valence-corrected chi connectivity index (χ2v) is 6.43. The maximum Gasteiger partial charge on any atom is 0.254 e. The van der Waals surface area contributed by atoms with Crippen LogP contribution in [0.2, 0.25) is 0 Å². The Balaban J connectivity index is 2.38. The third-order valence-corrected chi connectivity index (χ3v) is 3.77. The fourth-order valence-corrected chi connectivity index (χ4v) is 2.39. The number of halogens is 1. The van der Waals surface area contributed by atoms with E-state index in [1.165, 1.54) is 11.1 Å². The van der Waals surface area contributed by atoms with Crippen LogP contribution in [0.1, 0.15) is 46.2 Å². The molecule has 1 heterocycles. The third kappa shape index (κ3) is 1.97. The molecule has 1 amide bonds. The van der Waals surface area contributed by atoms with Gasteiger partial charge in [0.05, 0.1) is 0 Å². The molecule has 1 aromatic carbocycles. The lowest BCUT2D eigenvalue weighted by atomic mass is 10.0. The number of hydrogen-bond donors (Lipinski definition) is 0. The van der Waals surface area contributed by atoms with E-state index in [1.54, 1.807) is 0 Å². The largest absolute Gasteiger partial charge is 0.332 e. The van der Waals surface area contributed by atoms with Crippen molar-refractivity contribution >= 4 is 28.5 Å². The fraction of sp³-hybridized carbons (Fsp3) is 0.462. The lowest BCUT2D eigenvalue weighted by Crippen LogP contribution is -2.30. The number of rotatable bonds is 2. The van der Waals surface area contributed by atoms with Gasteiger partial charge in [0.1, 0.15) is 0 Å². The Kier molecular flexibility index (Phi) is 3.24. The van der Waals surface area contributed by atoms with Gasteiger partial charge in [-0.2, -0.15) is 0 Å². The SMILES string of the molecule is CC(I)c1ccc2c(c1)C(=O)N(C(C)C)C2. The molecule has 1 aliphatic heterocycles. The number of benzene rings is 1. The second-order valence-electron chi connectivity index (χ2n) is 4.56. The molecule has 16 heavy (non-hydrogen) atoms. The Hall–Kier alpha value is -0.580. The highest BCUT2D eigenvalue weighted by Gasteiger charge is 2.29. The fourth-order valence-electron chi connectivity index (χ4n) is 2.01. The molecule has 0 radical (unpaired) electrons. The number of alkyl halides is 1. The Morgan fingerprint density at radius 3 is 2.56 bits per heavy atom. The molecule has 0 aromatic heterocycles. The molecule has 1 atom stereocenters. The third-order valence-electron chi connectivity index (χ3n) is 3.05. The molecule has 0 bridgehead atoms. The molecule has 0 aliphatic carbocycles. The van der Waals surface area contributed by atoms with Gasteiger partial charge in [0.15, 0.2) is 0 Å². The van der Waals surface area contributed by atoms with Crippen LogP contribution in [-0.4, -0.2) is 16.8 Å². The molecule has 1 unspecified atom stereocenters. The summed E-state index contributed by atoms with van der Waals surface area (Å²) in [6.07, 6.45) is 0. The van der Waals surface area contributed by atoms with Crippen molar-refractivity contribution in [3.8, 4) is 0 Å². The molecule has 0 fully saturated rings. The van der Waals surface area contributed by atoms with Crippen LogP contribution in [0.4, 0.5) is 0 Å². The number of amides is 1. The van der Waals surface area contributed by atoms with Crippen molar-refractivity contribution in [1.29, 1.82) is 0 Å². The van der Waals surface area contributed by atoms with E-state index < -0.39 is 0 Å². The highest BCUT2D eigenvalue weighted by molar-refractivity contribution is 14.1. The van der Waals surface area contributed by atoms with Gasteiger partial charge in [0.25, 0.3) is 5.91 Å². The minimum Gasteiger partial charge on any atom is -0.332 e. The number of hydrogen-bond acceptors (Lipinski definition) is 1. The number of carbonyl (C=O) groups is 1. The summed E-state index contributed by atoms with van der Waals surface area (Å²) >= 11 is 2.37. The number of carbonyl (C=O) groups excluding carboxylic acids is 1. The van der Waals surface area contributed by atoms with Gasteiger partial charge in [-0.05, 0) is 38.0 Å². The quantitative estimate of drug-likeness (QED) is 0.600. The maximum atomic E-state index is 12.1. The van der Waals surface area contributed by atoms with Crippen LogP contribution in [0.3, 0.4) is 0 Å². The van der Waals surface area contributed by atoms with Crippen molar-refractivity contribution in [2.75, 3.05) is 0 Å². The zero-order chi connectivity index (χ0) is 11.9. The van der Waals surface area contributed by atoms with Gasteiger partial charge in [0, 0.05) is 22.1 Å². The van der Waals surface area contributed by atoms with Gasteiger partial charge < -0.3 is 4.90 Å². The van der Waals surface area contributed by atoms with Gasteiger partial charge in [-0.3, -0.25) is 4.79 Å². The van der Waals surface area contributed by atoms with E-state index in [2.05, 4.69) is 61.6 Å². The number of fused-ring (bicyclic) bond motifs is 1. The van der Waals surface area contributed by atoms with Crippen LogP contribution >= 0.6 is 22.6 Å². The van der Waals surface area contributed by atoms with Crippen LogP contribution in [0, 0.1) is 0 Å². The minimum atomic E-state index is 0.184. The first kappa shape index (κ1) is 11.9. The Morgan fingerprint density at radius 1 is 1.31 bits per heavy atom. The van der Waals surface area contributed by atoms with E-state index in [4.69, 9.17) is 0 Å². The highest BCUT2D eigenvalue weighted by Crippen LogP contribution is 2.30. The van der Waals surface area contributed by atoms with E-state index >= 15 is 0 Å². The highest BCUT2D eigenvalue weighted by atomic mass is 127. The predicted molar refractivity (Wildman–Crippen MR) is 73.9 cm³/mol. The van der Waals surface area contributed by atoms with Gasteiger partial charge in [-0.15, -0.1) is 0 Å². The van der Waals surface area contributed by atoms with Gasteiger partial charge in [-0.1, -0.05) is 34.7 Å². The average Bonchev–Trinajstić information content (AvgIpc) is 2.56. The van der Waals surface area contributed by atoms with Crippen molar-refractivity contribution in [3.05, 3.63) is 34.9 Å². The van der Waals surface area contributed by atoms with Crippen LogP contribution in [-0.2, 0) is 6.54 Å². The summed E-state index contributed by atoms with van der Waals surface area (Å²) in [5, 5.41) is 0. The summed E-state index contributed by atoms with van der Waals surface area (Å²) < 4.78 is 0.448. The van der Waals surface area contributed by atoms with E-state index in [9.17, 15) is 4.79 Å². The summed E-state index contributed by atoms with van der Waals surface area (Å²) in [4.78, 5) is 14.1. The molecule has 1 aromatic rings. The first-order chi connectivity index (χ1) is 7.50. The van der Waals surface area contributed by atoms with Gasteiger partial charge in [-0.25, -0.2) is 0 Å². The first-order valence-corrected chi connectivity index (χ1v) is 6.83. The van der Waals surface area contributed by atoms with Gasteiger partial charge >= 0.3 is 0 Å². The maximum absolute atomic E-state index is 12.1. The monoisotopic (exact) mass is 329 g/mol. The smallest absolute Gasteiger partial charge is 0.254 e. The zero-order valence-electron chi connectivity index (χ0n) is 9.83. The zero-order valence-corrected chi connectivity index (χ0v) is 12.0. The summed E-state index contributed by atoms with van der Waals surface area (Å²) in [7, 11) is 0. The summed E-state index contributed by atoms with van der Waals surface area (Å²) in [6, 6.07) is 6.56. The minimum absolute atomic E-state index is 0.184. The Bertz CT molecular complexity index is 426. The standard InChI is InChI=1S/C13H16INO/c1-8(2)15-7-11-5-4-10(9(3)14)6-12(11)13(15)16/h4-6,8-9H,7H2,1-3H3. The molecular formula is C13H16INO. The van der Waals surface area contributed by atoms with E-state index in [1.807, 2.05) is 4.90 Å². The van der Waals surface area contributed by atoms with Crippen LogP contribution < -0.4 is 0 Å². The Labute approximate surface area is 110 Å². The molecule has 2 rings (SSSR count). The normalized spacial score (nSPS) is 16.8. The molecular weight excluding hydrogens is 313 g/mol. The van der Waals surface area contributed by atoms with E-state index in [-0.39, 0.29) is 11.9 Å². The van der Waals surface area contributed by atoms with Crippen molar-refractivity contribution in [3.63, 3.8) is 0 Å². The van der Waals surface area contributed by atoms with Crippen molar-refractivity contribution in [2.24, 2.45) is 0 Å². The molecule has 2 nitrogen and oxygen atoms in total. The average molecular weight is 329 g/mol. The van der Waals surface area contributed by atoms with Crippen molar-refractivity contribution < 1.29 is 4.79 Å². The van der Waals surface area contributed by atoms with Crippen LogP contribution in [0.5, 0.6) is 0 Å². The van der Waals surface area contributed by atoms with Crippen LogP contribution in [0.15, 0.2) is 18.2 Å². The van der Waals surface area contributed by atoms with Crippen molar-refractivity contribution in [1.82, 2.24) is 4.90 Å². The lowest BCUT2D eigenvalue weighted by molar-refractivity contribution is 0.0730. The molecule has 86 valence electrons. The van der Waals surface area contributed by atoms with Crippen LogP contribution in [0.25, 0.3) is 0 Å². The summed E-state index contributed by atoms with van der Waals surface area (Å²) in [5.41, 5.74) is 3.30. The molecule has 0 N–H and O–H groups in total. The predicted octanol–water partition coefficient (Wildman–Crippen LogP) is 3.55. The van der Waals surface area contributed by atoms with Gasteiger partial charge in [0.2, 0.25) is 0 Å². The van der Waals surface area contributed by atoms with Crippen molar-refractivity contribution in [2.45, 2.75) is 37.3 Å². The lowest BCUT2D eigenvalue weighted by Gasteiger charge is -2.19. The first-order valence-electron chi connectivity index (χ1n) is 5.58. The topological polar surface area (TPSA) is 20.3 Å².